The van der Waals surface area contributed by atoms with Crippen molar-refractivity contribution in [3.8, 4) is 0 Å². The van der Waals surface area contributed by atoms with Crippen LogP contribution < -0.4 is 16.4 Å². The number of aromatic nitrogens is 2. The maximum atomic E-state index is 11.8. The summed E-state index contributed by atoms with van der Waals surface area (Å²) in [5, 5.41) is 16.5. The normalized spacial score (nSPS) is 25.2. The van der Waals surface area contributed by atoms with Crippen LogP contribution in [0.15, 0.2) is 23.1 Å². The molecule has 5 N–H and O–H groups in total. The van der Waals surface area contributed by atoms with Gasteiger partial charge in [-0.05, 0) is 38.5 Å². The molecule has 12 heteroatoms. The number of hydrogen-bond donors (Lipinski definition) is 4. The molecule has 2 atom stereocenters. The summed E-state index contributed by atoms with van der Waals surface area (Å²) in [4.78, 5) is 12.8. The number of anilines is 2. The molecular weight excluding hydrogens is 442 g/mol. The third-order valence-electron chi connectivity index (χ3n) is 5.42. The number of aliphatic imine (C=N–C) groups is 1. The summed E-state index contributed by atoms with van der Waals surface area (Å²) in [6, 6.07) is 0.162. The fraction of sp³-hybridized carbons (Fsp3) is 0.632. The van der Waals surface area contributed by atoms with Crippen LogP contribution in [-0.4, -0.2) is 71.5 Å². The molecule has 2 fully saturated rings. The number of nitrogens with zero attached hydrogens (tertiary/aromatic N) is 4. The van der Waals surface area contributed by atoms with Crippen molar-refractivity contribution in [1.82, 2.24) is 14.3 Å². The van der Waals surface area contributed by atoms with Crippen molar-refractivity contribution in [3.05, 3.63) is 23.1 Å². The Morgan fingerprint density at radius 2 is 2.06 bits per heavy atom. The molecule has 1 aliphatic heterocycles. The number of hydrogen-bond acceptors (Lipinski definition) is 9. The summed E-state index contributed by atoms with van der Waals surface area (Å²) in [7, 11) is -3.14. The van der Waals surface area contributed by atoms with Crippen LogP contribution in [0.1, 0.15) is 26.7 Å². The van der Waals surface area contributed by atoms with Gasteiger partial charge in [-0.3, -0.25) is 4.99 Å². The molecule has 1 saturated carbocycles. The van der Waals surface area contributed by atoms with Crippen molar-refractivity contribution in [3.63, 3.8) is 0 Å². The Hall–Kier alpha value is -1.95. The zero-order valence-corrected chi connectivity index (χ0v) is 19.5. The van der Waals surface area contributed by atoms with Gasteiger partial charge < -0.3 is 21.5 Å². The Labute approximate surface area is 188 Å². The Morgan fingerprint density at radius 3 is 2.61 bits per heavy atom. The Balaban J connectivity index is 1.61. The van der Waals surface area contributed by atoms with E-state index in [0.717, 1.165) is 12.8 Å². The van der Waals surface area contributed by atoms with Crippen LogP contribution in [0, 0.1) is 11.8 Å². The van der Waals surface area contributed by atoms with Gasteiger partial charge in [-0.15, -0.1) is 0 Å². The summed E-state index contributed by atoms with van der Waals surface area (Å²) < 4.78 is 25.1. The summed E-state index contributed by atoms with van der Waals surface area (Å²) in [5.41, 5.74) is 5.21. The van der Waals surface area contributed by atoms with Gasteiger partial charge in [0.15, 0.2) is 5.82 Å². The summed E-state index contributed by atoms with van der Waals surface area (Å²) in [6.45, 7) is 4.70. The second kappa shape index (κ2) is 9.27. The Kier molecular flexibility index (Phi) is 7.09. The van der Waals surface area contributed by atoms with Crippen LogP contribution in [0.25, 0.3) is 0 Å². The van der Waals surface area contributed by atoms with E-state index < -0.39 is 15.6 Å². The highest BCUT2D eigenvalue weighted by molar-refractivity contribution is 7.88. The highest BCUT2D eigenvalue weighted by Gasteiger charge is 2.43. The van der Waals surface area contributed by atoms with Gasteiger partial charge in [0.2, 0.25) is 16.0 Å². The maximum Gasteiger partial charge on any atom is 0.229 e. The van der Waals surface area contributed by atoms with E-state index in [9.17, 15) is 13.5 Å². The molecule has 31 heavy (non-hydrogen) atoms. The molecule has 0 spiro atoms. The van der Waals surface area contributed by atoms with E-state index in [1.54, 1.807) is 18.2 Å². The molecule has 3 rings (SSSR count). The molecule has 0 amide bonds. The van der Waals surface area contributed by atoms with Crippen molar-refractivity contribution in [2.45, 2.75) is 38.3 Å². The predicted octanol–water partition coefficient (Wildman–Crippen LogP) is 1.27. The van der Waals surface area contributed by atoms with E-state index in [1.807, 2.05) is 0 Å². The lowest BCUT2D eigenvalue weighted by Gasteiger charge is -2.19. The van der Waals surface area contributed by atoms with Gasteiger partial charge in [-0.25, -0.2) is 17.7 Å². The maximum absolute atomic E-state index is 11.8. The van der Waals surface area contributed by atoms with Gasteiger partial charge in [-0.2, -0.15) is 4.98 Å². The zero-order chi connectivity index (χ0) is 22.8. The fourth-order valence-corrected chi connectivity index (χ4v) is 5.05. The number of aliphatic hydroxyl groups is 1. The van der Waals surface area contributed by atoms with Gasteiger partial charge in [0, 0.05) is 31.5 Å². The molecular formula is C19H30ClN7O3S. The highest BCUT2D eigenvalue weighted by atomic mass is 35.5. The summed E-state index contributed by atoms with van der Waals surface area (Å²) in [6.07, 6.45) is 7.33. The van der Waals surface area contributed by atoms with E-state index in [1.165, 1.54) is 24.9 Å². The number of nitrogens with two attached hydrogens (primary N) is 1. The molecule has 0 bridgehead atoms. The molecule has 2 aliphatic rings. The largest absolute Gasteiger partial charge is 0.403 e. The van der Waals surface area contributed by atoms with Crippen molar-refractivity contribution >= 4 is 39.6 Å². The predicted molar refractivity (Wildman–Crippen MR) is 123 cm³/mol. The fourth-order valence-electron chi connectivity index (χ4n) is 3.98. The molecule has 1 aromatic heterocycles. The smallest absolute Gasteiger partial charge is 0.229 e. The first-order valence-corrected chi connectivity index (χ1v) is 12.3. The average molecular weight is 472 g/mol. The minimum absolute atomic E-state index is 0.162. The lowest BCUT2D eigenvalue weighted by molar-refractivity contribution is 0.0906. The second-order valence-electron chi connectivity index (χ2n) is 8.83. The molecule has 0 aromatic carbocycles. The molecule has 1 aromatic rings. The summed E-state index contributed by atoms with van der Waals surface area (Å²) >= 11 is 6.29. The first-order chi connectivity index (χ1) is 14.4. The summed E-state index contributed by atoms with van der Waals surface area (Å²) in [5.74, 6) is 1.49. The van der Waals surface area contributed by atoms with Crippen LogP contribution in [0.3, 0.4) is 0 Å². The van der Waals surface area contributed by atoms with Gasteiger partial charge in [0.05, 0.1) is 30.3 Å². The number of halogens is 1. The molecule has 1 aliphatic carbocycles. The van der Waals surface area contributed by atoms with Crippen LogP contribution in [0.5, 0.6) is 0 Å². The number of fused-ring (bicyclic) bond motifs is 1. The monoisotopic (exact) mass is 471 g/mol. The van der Waals surface area contributed by atoms with Gasteiger partial charge in [0.25, 0.3) is 0 Å². The lowest BCUT2D eigenvalue weighted by Crippen LogP contribution is -2.30. The average Bonchev–Trinajstić information content (AvgIpc) is 3.21. The molecule has 10 nitrogen and oxygen atoms in total. The Morgan fingerprint density at radius 1 is 1.42 bits per heavy atom. The molecule has 0 radical (unpaired) electrons. The van der Waals surface area contributed by atoms with Gasteiger partial charge >= 0.3 is 0 Å². The zero-order valence-electron chi connectivity index (χ0n) is 17.9. The van der Waals surface area contributed by atoms with E-state index in [0.29, 0.717) is 47.4 Å². The SMILES string of the molecule is CC(C)(O)CN=CC(=CN)Nc1ncc(Cl)c(NC2CC3CN(S(C)(=O)=O)CC3C2)n1. The molecule has 1 saturated heterocycles. The quantitative estimate of drug-likeness (QED) is 0.414. The van der Waals surface area contributed by atoms with Crippen LogP contribution in [0.2, 0.25) is 5.02 Å². The highest BCUT2D eigenvalue weighted by Crippen LogP contribution is 2.40. The van der Waals surface area contributed by atoms with Crippen molar-refractivity contribution in [2.75, 3.05) is 36.5 Å². The minimum atomic E-state index is -3.14. The van der Waals surface area contributed by atoms with Crippen molar-refractivity contribution < 1.29 is 13.5 Å². The number of sulfonamides is 1. The molecule has 172 valence electrons. The third-order valence-corrected chi connectivity index (χ3v) is 6.93. The van der Waals surface area contributed by atoms with Crippen LogP contribution in [0.4, 0.5) is 11.8 Å². The van der Waals surface area contributed by atoms with E-state index >= 15 is 0 Å². The minimum Gasteiger partial charge on any atom is -0.403 e. The third kappa shape index (κ3) is 6.52. The molecule has 2 unspecified atom stereocenters. The molecule has 2 heterocycles. The van der Waals surface area contributed by atoms with Crippen LogP contribution in [-0.2, 0) is 10.0 Å². The number of rotatable bonds is 8. The second-order valence-corrected chi connectivity index (χ2v) is 11.2. The first-order valence-electron chi connectivity index (χ1n) is 10.1. The first kappa shape index (κ1) is 23.7. The van der Waals surface area contributed by atoms with E-state index in [4.69, 9.17) is 17.3 Å². The lowest BCUT2D eigenvalue weighted by atomic mass is 10.0. The Bertz CT molecular complexity index is 948. The number of nitrogens with one attached hydrogen (secondary N) is 2. The van der Waals surface area contributed by atoms with Gasteiger partial charge in [0.1, 0.15) is 5.02 Å². The standard InChI is InChI=1S/C19H30ClN7O3S/c1-19(2,28)11-22-7-15(6-21)25-18-23-8-16(20)17(26-18)24-14-4-12-9-27(31(3,29)30)10-13(12)5-14/h6-8,12-14,28H,4-5,9-11,21H2,1-3H3,(H2,23,24,25,26). The van der Waals surface area contributed by atoms with Crippen LogP contribution >= 0.6 is 11.6 Å². The van der Waals surface area contributed by atoms with E-state index in [2.05, 4.69) is 25.6 Å². The van der Waals surface area contributed by atoms with Gasteiger partial charge in [-0.1, -0.05) is 11.6 Å². The number of allylic oxidation sites excluding steroid dienone is 1. The topological polar surface area (TPSA) is 146 Å². The van der Waals surface area contributed by atoms with Crippen molar-refractivity contribution in [1.29, 1.82) is 0 Å². The van der Waals surface area contributed by atoms with Crippen molar-refractivity contribution in [2.24, 2.45) is 22.6 Å². The van der Waals surface area contributed by atoms with E-state index in [-0.39, 0.29) is 12.6 Å².